The smallest absolute Gasteiger partial charge is 0.313 e. The van der Waals surface area contributed by atoms with E-state index in [1.54, 1.807) is 30.3 Å². The minimum atomic E-state index is -1.91. The van der Waals surface area contributed by atoms with Crippen molar-refractivity contribution >= 4 is 46.1 Å². The number of halogens is 4. The second-order valence-electron chi connectivity index (χ2n) is 8.61. The van der Waals surface area contributed by atoms with Crippen molar-refractivity contribution in [2.75, 3.05) is 11.9 Å². The Morgan fingerprint density at radius 3 is 2.27 bits per heavy atom. The van der Waals surface area contributed by atoms with Crippen LogP contribution in [0.3, 0.4) is 0 Å². The summed E-state index contributed by atoms with van der Waals surface area (Å²) >= 11 is 0. The predicted molar refractivity (Wildman–Crippen MR) is 134 cm³/mol. The van der Waals surface area contributed by atoms with Gasteiger partial charge in [-0.1, -0.05) is 18.2 Å². The van der Waals surface area contributed by atoms with Gasteiger partial charge >= 0.3 is 17.8 Å². The van der Waals surface area contributed by atoms with E-state index in [0.717, 1.165) is 6.92 Å². The highest BCUT2D eigenvalue weighted by Gasteiger charge is 2.28. The Labute approximate surface area is 228 Å². The molecule has 3 aromatic rings. The van der Waals surface area contributed by atoms with Crippen molar-refractivity contribution in [2.24, 2.45) is 0 Å². The number of ketones is 1. The van der Waals surface area contributed by atoms with E-state index in [1.165, 1.54) is 6.20 Å². The third-order valence-corrected chi connectivity index (χ3v) is 5.58. The van der Waals surface area contributed by atoms with Gasteiger partial charge in [0, 0.05) is 17.9 Å². The highest BCUT2D eigenvalue weighted by atomic mass is 19.2. The fourth-order valence-corrected chi connectivity index (χ4v) is 3.46. The molecular formula is C26H22F4N4O7. The van der Waals surface area contributed by atoms with Gasteiger partial charge in [0.2, 0.25) is 17.5 Å². The Kier molecular flexibility index (Phi) is 9.90. The highest BCUT2D eigenvalue weighted by Crippen LogP contribution is 2.26. The molecule has 15 heteroatoms. The normalized spacial score (nSPS) is 12.2. The number of Topliss-reactive ketones (excluding diaryl/α,β-unsaturated/α-hetero) is 1. The molecule has 216 valence electrons. The van der Waals surface area contributed by atoms with E-state index < -0.39 is 90.0 Å². The number of carboxylic acid groups (broad SMARTS) is 1. The first-order chi connectivity index (χ1) is 19.4. The van der Waals surface area contributed by atoms with E-state index in [9.17, 15) is 41.5 Å². The Bertz CT molecular complexity index is 1490. The van der Waals surface area contributed by atoms with Gasteiger partial charge in [0.15, 0.2) is 23.2 Å². The molecule has 2 unspecified atom stereocenters. The van der Waals surface area contributed by atoms with Crippen molar-refractivity contribution in [3.8, 4) is 5.75 Å². The van der Waals surface area contributed by atoms with Crippen LogP contribution in [0, 0.1) is 23.3 Å². The topological polar surface area (TPSA) is 164 Å². The molecule has 0 bridgehead atoms. The summed E-state index contributed by atoms with van der Waals surface area (Å²) < 4.78 is 59.0. The molecule has 41 heavy (non-hydrogen) atoms. The van der Waals surface area contributed by atoms with Crippen molar-refractivity contribution in [1.82, 2.24) is 15.6 Å². The maximum absolute atomic E-state index is 13.8. The fraction of sp³-hybridized carbons (Fsp3) is 0.231. The highest BCUT2D eigenvalue weighted by molar-refractivity contribution is 6.40. The lowest BCUT2D eigenvalue weighted by Gasteiger charge is -2.20. The third kappa shape index (κ3) is 7.97. The third-order valence-electron chi connectivity index (χ3n) is 5.58. The predicted octanol–water partition coefficient (Wildman–Crippen LogP) is 2.23. The standard InChI is InChI=1S/C26H22F4N4O7/c1-12(32-25(39)26(40)33-14-8-13-4-2-3-5-17(13)31-10-14)24(38)34-18(6-7-20(36)37)19(35)11-41-23-21(29)15(27)9-16(28)22(23)30/h2-5,8-10,12,18H,6-7,11H2,1H3,(H,32,39)(H,33,40)(H,34,38)(H,36,37). The molecular weight excluding hydrogens is 556 g/mol. The Morgan fingerprint density at radius 1 is 0.951 bits per heavy atom. The molecule has 11 nitrogen and oxygen atoms in total. The molecule has 0 aliphatic rings. The zero-order valence-corrected chi connectivity index (χ0v) is 21.2. The number of benzene rings is 2. The summed E-state index contributed by atoms with van der Waals surface area (Å²) in [5.41, 5.74) is 0.849. The molecule has 3 rings (SSSR count). The lowest BCUT2D eigenvalue weighted by molar-refractivity contribution is -0.139. The molecule has 0 aliphatic carbocycles. The molecule has 0 saturated carbocycles. The van der Waals surface area contributed by atoms with Crippen LogP contribution in [0.4, 0.5) is 23.2 Å². The van der Waals surface area contributed by atoms with Crippen molar-refractivity contribution in [3.63, 3.8) is 0 Å². The molecule has 0 spiro atoms. The molecule has 0 radical (unpaired) electrons. The number of carbonyl (C=O) groups excluding carboxylic acids is 4. The summed E-state index contributed by atoms with van der Waals surface area (Å²) in [6.45, 7) is -0.0438. The van der Waals surface area contributed by atoms with Crippen molar-refractivity contribution in [1.29, 1.82) is 0 Å². The lowest BCUT2D eigenvalue weighted by Crippen LogP contribution is -2.52. The van der Waals surface area contributed by atoms with Gasteiger partial charge in [-0.05, 0) is 25.5 Å². The summed E-state index contributed by atoms with van der Waals surface area (Å²) in [7, 11) is 0. The number of ether oxygens (including phenoxy) is 1. The number of nitrogens with one attached hydrogen (secondary N) is 3. The Morgan fingerprint density at radius 2 is 1.61 bits per heavy atom. The second-order valence-corrected chi connectivity index (χ2v) is 8.61. The van der Waals surface area contributed by atoms with Gasteiger partial charge < -0.3 is 25.8 Å². The minimum absolute atomic E-state index is 0.0656. The van der Waals surface area contributed by atoms with Gasteiger partial charge in [-0.25, -0.2) is 8.78 Å². The number of hydrogen-bond donors (Lipinski definition) is 4. The van der Waals surface area contributed by atoms with Gasteiger partial charge in [0.05, 0.1) is 23.4 Å². The van der Waals surface area contributed by atoms with Crippen LogP contribution in [0.25, 0.3) is 10.9 Å². The maximum atomic E-state index is 13.8. The van der Waals surface area contributed by atoms with Gasteiger partial charge in [0.1, 0.15) is 12.6 Å². The number of aromatic nitrogens is 1. The molecule has 1 aromatic heterocycles. The van der Waals surface area contributed by atoms with E-state index in [0.29, 0.717) is 10.9 Å². The molecule has 0 fully saturated rings. The number of anilines is 1. The number of carbonyl (C=O) groups is 5. The first-order valence-electron chi connectivity index (χ1n) is 11.8. The van der Waals surface area contributed by atoms with Gasteiger partial charge in [-0.15, -0.1) is 0 Å². The van der Waals surface area contributed by atoms with Crippen molar-refractivity contribution < 1.29 is 51.4 Å². The lowest BCUT2D eigenvalue weighted by atomic mass is 10.1. The number of amides is 3. The molecule has 0 aliphatic heterocycles. The van der Waals surface area contributed by atoms with Crippen LogP contribution in [0.5, 0.6) is 5.75 Å². The Hall–Kier alpha value is -5.08. The average Bonchev–Trinajstić information content (AvgIpc) is 2.93. The average molecular weight is 578 g/mol. The van der Waals surface area contributed by atoms with Crippen LogP contribution in [0.2, 0.25) is 0 Å². The van der Waals surface area contributed by atoms with Crippen molar-refractivity contribution in [3.05, 3.63) is 65.9 Å². The number of aliphatic carboxylic acids is 1. The maximum Gasteiger partial charge on any atom is 0.313 e. The molecule has 2 aromatic carbocycles. The monoisotopic (exact) mass is 578 g/mol. The zero-order chi connectivity index (χ0) is 30.3. The largest absolute Gasteiger partial charge is 0.481 e. The summed E-state index contributed by atoms with van der Waals surface area (Å²) in [5, 5.41) is 16.2. The second kappa shape index (κ2) is 13.3. The number of pyridine rings is 1. The van der Waals surface area contributed by atoms with Crippen LogP contribution < -0.4 is 20.7 Å². The first-order valence-corrected chi connectivity index (χ1v) is 11.8. The summed E-state index contributed by atoms with van der Waals surface area (Å²) in [4.78, 5) is 64.9. The summed E-state index contributed by atoms with van der Waals surface area (Å²) in [6.07, 6.45) is 0.166. The van der Waals surface area contributed by atoms with E-state index in [1.807, 2.05) is 0 Å². The first kappa shape index (κ1) is 30.5. The molecule has 3 amide bonds. The van der Waals surface area contributed by atoms with Gasteiger partial charge in [-0.2, -0.15) is 8.78 Å². The number of nitrogens with zero attached hydrogens (tertiary/aromatic N) is 1. The quantitative estimate of drug-likeness (QED) is 0.153. The summed E-state index contributed by atoms with van der Waals surface area (Å²) in [5.74, 6) is -14.8. The van der Waals surface area contributed by atoms with E-state index in [2.05, 4.69) is 25.7 Å². The van der Waals surface area contributed by atoms with Crippen LogP contribution in [0.15, 0.2) is 42.6 Å². The molecule has 4 N–H and O–H groups in total. The zero-order valence-electron chi connectivity index (χ0n) is 21.2. The fourth-order valence-electron chi connectivity index (χ4n) is 3.46. The van der Waals surface area contributed by atoms with E-state index >= 15 is 0 Å². The summed E-state index contributed by atoms with van der Waals surface area (Å²) in [6, 6.07) is 5.47. The SMILES string of the molecule is CC(NC(=O)C(=O)Nc1cnc2ccccc2c1)C(=O)NC(CCC(=O)O)C(=O)COc1c(F)c(F)cc(F)c1F. The van der Waals surface area contributed by atoms with E-state index in [-0.39, 0.29) is 11.8 Å². The van der Waals surface area contributed by atoms with Crippen LogP contribution >= 0.6 is 0 Å². The van der Waals surface area contributed by atoms with Crippen LogP contribution in [-0.2, 0) is 24.0 Å². The van der Waals surface area contributed by atoms with Crippen molar-refractivity contribution in [2.45, 2.75) is 31.8 Å². The Balaban J connectivity index is 1.61. The number of hydrogen-bond acceptors (Lipinski definition) is 7. The van der Waals surface area contributed by atoms with Crippen LogP contribution in [-0.4, -0.2) is 58.3 Å². The number of fused-ring (bicyclic) bond motifs is 1. The van der Waals surface area contributed by atoms with Crippen LogP contribution in [0.1, 0.15) is 19.8 Å². The minimum Gasteiger partial charge on any atom is -0.481 e. The number of para-hydroxylation sites is 1. The number of rotatable bonds is 11. The molecule has 0 saturated heterocycles. The molecule has 1 heterocycles. The van der Waals surface area contributed by atoms with E-state index in [4.69, 9.17) is 5.11 Å². The molecule has 2 atom stereocenters. The van der Waals surface area contributed by atoms with Gasteiger partial charge in [-0.3, -0.25) is 29.0 Å². The number of carboxylic acids is 1. The van der Waals surface area contributed by atoms with Gasteiger partial charge in [0.25, 0.3) is 0 Å².